The van der Waals surface area contributed by atoms with Crippen LogP contribution in [-0.2, 0) is 4.79 Å². The van der Waals surface area contributed by atoms with Crippen LogP contribution in [0.3, 0.4) is 0 Å². The molecule has 5 heterocycles. The van der Waals surface area contributed by atoms with Gasteiger partial charge in [-0.15, -0.1) is 5.10 Å². The number of nitrogens with one attached hydrogen (secondary N) is 2. The van der Waals surface area contributed by atoms with Crippen molar-refractivity contribution in [2.24, 2.45) is 5.73 Å². The van der Waals surface area contributed by atoms with Gasteiger partial charge in [0, 0.05) is 49.6 Å². The third-order valence-corrected chi connectivity index (χ3v) is 7.10. The molecule has 2 atom stereocenters. The highest BCUT2D eigenvalue weighted by atomic mass is 16.2. The Hall–Kier alpha value is -3.14. The lowest BCUT2D eigenvalue weighted by Crippen LogP contribution is -2.55. The lowest BCUT2D eigenvalue weighted by molar-refractivity contribution is -0.135. The lowest BCUT2D eigenvalue weighted by atomic mass is 9.97. The van der Waals surface area contributed by atoms with Gasteiger partial charge >= 0.3 is 0 Å². The summed E-state index contributed by atoms with van der Waals surface area (Å²) in [6.07, 6.45) is 6.88. The number of nitrogens with zero attached hydrogens (tertiary/aromatic N) is 6. The Morgan fingerprint density at radius 3 is 2.97 bits per heavy atom. The van der Waals surface area contributed by atoms with Gasteiger partial charge in [0.05, 0.1) is 0 Å². The largest absolute Gasteiger partial charge is 0.339 e. The maximum Gasteiger partial charge on any atom is 0.248 e. The molecule has 4 N–H and O–H groups in total. The maximum atomic E-state index is 13.5. The molecule has 10 heteroatoms. The second kappa shape index (κ2) is 7.19. The van der Waals surface area contributed by atoms with Crippen molar-refractivity contribution < 1.29 is 4.79 Å². The highest BCUT2D eigenvalue weighted by Crippen LogP contribution is 2.40. The smallest absolute Gasteiger partial charge is 0.248 e. The molecule has 0 bridgehead atoms. The molecule has 10 nitrogen and oxygen atoms in total. The van der Waals surface area contributed by atoms with E-state index >= 15 is 0 Å². The summed E-state index contributed by atoms with van der Waals surface area (Å²) in [6.45, 7) is 4.09. The summed E-state index contributed by atoms with van der Waals surface area (Å²) in [5, 5.41) is 15.7. The fourth-order valence-corrected chi connectivity index (χ4v) is 5.07. The van der Waals surface area contributed by atoms with E-state index < -0.39 is 5.54 Å². The molecular formula is C22H29N9O. The van der Waals surface area contributed by atoms with Gasteiger partial charge in [-0.25, -0.2) is 4.52 Å². The predicted octanol–water partition coefficient (Wildman–Crippen LogP) is 1.99. The van der Waals surface area contributed by atoms with Crippen LogP contribution < -0.4 is 16.0 Å². The number of aromatic nitrogens is 5. The third-order valence-electron chi connectivity index (χ3n) is 7.10. The summed E-state index contributed by atoms with van der Waals surface area (Å²) in [6, 6.07) is 6.04. The van der Waals surface area contributed by atoms with Gasteiger partial charge in [0.25, 0.3) is 0 Å². The van der Waals surface area contributed by atoms with Crippen LogP contribution in [0.1, 0.15) is 50.6 Å². The van der Waals surface area contributed by atoms with Crippen LogP contribution >= 0.6 is 0 Å². The van der Waals surface area contributed by atoms with E-state index in [9.17, 15) is 4.79 Å². The Balaban J connectivity index is 1.33. The molecule has 1 amide bonds. The van der Waals surface area contributed by atoms with Crippen molar-refractivity contribution in [2.45, 2.75) is 56.5 Å². The second-order valence-electron chi connectivity index (χ2n) is 9.54. The molecule has 3 aromatic rings. The molecule has 0 radical (unpaired) electrons. The zero-order valence-electron chi connectivity index (χ0n) is 18.3. The van der Waals surface area contributed by atoms with Gasteiger partial charge < -0.3 is 20.9 Å². The van der Waals surface area contributed by atoms with Crippen molar-refractivity contribution >= 4 is 29.0 Å². The number of carbonyl (C=O) groups is 1. The van der Waals surface area contributed by atoms with E-state index in [1.165, 1.54) is 12.8 Å². The highest BCUT2D eigenvalue weighted by Gasteiger charge is 2.47. The quantitative estimate of drug-likeness (QED) is 0.560. The summed E-state index contributed by atoms with van der Waals surface area (Å²) in [4.78, 5) is 22.3. The van der Waals surface area contributed by atoms with Crippen LogP contribution in [-0.4, -0.2) is 66.8 Å². The summed E-state index contributed by atoms with van der Waals surface area (Å²) < 4.78 is 1.81. The number of likely N-dealkylation sites (tertiary alicyclic amines) is 1. The van der Waals surface area contributed by atoms with Crippen molar-refractivity contribution in [3.63, 3.8) is 0 Å². The molecule has 3 aromatic heterocycles. The van der Waals surface area contributed by atoms with E-state index in [0.29, 0.717) is 24.2 Å². The number of hydrogen-bond acceptors (Lipinski definition) is 7. The number of fused-ring (bicyclic) bond motifs is 1. The predicted molar refractivity (Wildman–Crippen MR) is 121 cm³/mol. The molecule has 6 rings (SSSR count). The van der Waals surface area contributed by atoms with Crippen molar-refractivity contribution in [2.75, 3.05) is 29.9 Å². The van der Waals surface area contributed by atoms with Crippen LogP contribution in [0, 0.1) is 0 Å². The average molecular weight is 436 g/mol. The van der Waals surface area contributed by atoms with Gasteiger partial charge in [0.15, 0.2) is 11.6 Å². The fourth-order valence-electron chi connectivity index (χ4n) is 5.07. The standard InChI is InChI=1S/C22H29N9O/c1-22(20(32)29-11-7-15(23)13-29)8-3-9-30(22)21-25-19(17-4-2-10-31(17)28-21)24-18-12-16(26-27-18)14-5-6-14/h2,4,10,12,14-15H,3,5-9,11,13,23H2,1H3,(H2,24,25,26,27,28)/t15?,22-/m0/s1. The molecule has 3 fully saturated rings. The average Bonchev–Trinajstić information content (AvgIpc) is 3.18. The topological polar surface area (TPSA) is 120 Å². The number of aromatic amines is 1. The summed E-state index contributed by atoms with van der Waals surface area (Å²) >= 11 is 0. The monoisotopic (exact) mass is 435 g/mol. The minimum Gasteiger partial charge on any atom is -0.339 e. The number of H-pyrrole nitrogens is 1. The maximum absolute atomic E-state index is 13.5. The fraction of sp³-hybridized carbons (Fsp3) is 0.545. The molecule has 2 aliphatic heterocycles. The van der Waals surface area contributed by atoms with Crippen molar-refractivity contribution in [1.29, 1.82) is 0 Å². The molecular weight excluding hydrogens is 406 g/mol. The molecule has 168 valence electrons. The molecule has 1 saturated carbocycles. The second-order valence-corrected chi connectivity index (χ2v) is 9.54. The van der Waals surface area contributed by atoms with Gasteiger partial charge in [0.2, 0.25) is 11.9 Å². The molecule has 0 aromatic carbocycles. The Bertz CT molecular complexity index is 1170. The van der Waals surface area contributed by atoms with E-state index in [1.807, 2.05) is 34.7 Å². The van der Waals surface area contributed by atoms with Gasteiger partial charge in [-0.1, -0.05) is 0 Å². The first-order valence-corrected chi connectivity index (χ1v) is 11.5. The van der Waals surface area contributed by atoms with E-state index in [1.54, 1.807) is 0 Å². The number of hydrogen-bond donors (Lipinski definition) is 3. The van der Waals surface area contributed by atoms with Crippen LogP contribution in [0.25, 0.3) is 5.52 Å². The first-order valence-electron chi connectivity index (χ1n) is 11.5. The first-order chi connectivity index (χ1) is 15.5. The summed E-state index contributed by atoms with van der Waals surface area (Å²) in [7, 11) is 0. The van der Waals surface area contributed by atoms with Crippen LogP contribution in [0.2, 0.25) is 0 Å². The van der Waals surface area contributed by atoms with Gasteiger partial charge in [-0.05, 0) is 51.2 Å². The van der Waals surface area contributed by atoms with Gasteiger partial charge in [-0.3, -0.25) is 9.89 Å². The van der Waals surface area contributed by atoms with Gasteiger partial charge in [0.1, 0.15) is 11.1 Å². The SMILES string of the molecule is C[C@@]1(C(=O)N2CCC(N)C2)CCCN1c1nc(Nc2cc(C3CC3)[nH]n2)c2cccn2n1. The lowest BCUT2D eigenvalue weighted by Gasteiger charge is -2.37. The van der Waals surface area contributed by atoms with E-state index in [0.717, 1.165) is 49.4 Å². The zero-order chi connectivity index (χ0) is 21.9. The first kappa shape index (κ1) is 19.5. The number of rotatable bonds is 5. The molecule has 2 saturated heterocycles. The Labute approximate surface area is 186 Å². The van der Waals surface area contributed by atoms with E-state index in [-0.39, 0.29) is 11.9 Å². The minimum absolute atomic E-state index is 0.0649. The van der Waals surface area contributed by atoms with E-state index in [2.05, 4.69) is 26.5 Å². The number of nitrogens with two attached hydrogens (primary N) is 1. The molecule has 1 aliphatic carbocycles. The minimum atomic E-state index is -0.673. The Morgan fingerprint density at radius 1 is 1.31 bits per heavy atom. The molecule has 32 heavy (non-hydrogen) atoms. The summed E-state index contributed by atoms with van der Waals surface area (Å²) in [5.74, 6) is 2.69. The molecule has 0 spiro atoms. The Morgan fingerprint density at radius 2 is 2.19 bits per heavy atom. The van der Waals surface area contributed by atoms with Gasteiger partial charge in [-0.2, -0.15) is 10.1 Å². The summed E-state index contributed by atoms with van der Waals surface area (Å²) in [5.41, 5.74) is 7.42. The van der Waals surface area contributed by atoms with Crippen molar-refractivity contribution in [3.8, 4) is 0 Å². The Kier molecular flexibility index (Phi) is 4.39. The normalized spacial score (nSPS) is 25.8. The number of carbonyl (C=O) groups excluding carboxylic acids is 1. The number of anilines is 3. The van der Waals surface area contributed by atoms with Crippen molar-refractivity contribution in [3.05, 3.63) is 30.1 Å². The van der Waals surface area contributed by atoms with Crippen LogP contribution in [0.5, 0.6) is 0 Å². The van der Waals surface area contributed by atoms with E-state index in [4.69, 9.17) is 15.8 Å². The highest BCUT2D eigenvalue weighted by molar-refractivity contribution is 5.90. The van der Waals surface area contributed by atoms with Crippen LogP contribution in [0.4, 0.5) is 17.6 Å². The zero-order valence-corrected chi connectivity index (χ0v) is 18.3. The van der Waals surface area contributed by atoms with Crippen LogP contribution in [0.15, 0.2) is 24.4 Å². The number of amides is 1. The molecule has 1 unspecified atom stereocenters. The molecule has 3 aliphatic rings. The third kappa shape index (κ3) is 3.21. The van der Waals surface area contributed by atoms with Crippen molar-refractivity contribution in [1.82, 2.24) is 29.7 Å².